The average molecular weight is 416 g/mol. The molecular weight excluding hydrogens is 397 g/mol. The summed E-state index contributed by atoms with van der Waals surface area (Å²) >= 11 is 5.88. The third-order valence-corrected chi connectivity index (χ3v) is 6.14. The Morgan fingerprint density at radius 1 is 1.04 bits per heavy atom. The van der Waals surface area contributed by atoms with E-state index in [0.717, 1.165) is 0 Å². The molecule has 0 bridgehead atoms. The first-order valence-electron chi connectivity index (χ1n) is 8.35. The van der Waals surface area contributed by atoms with Gasteiger partial charge < -0.3 is 14.2 Å². The molecule has 6 nitrogen and oxygen atoms in total. The molecule has 0 saturated carbocycles. The predicted octanol–water partition coefficient (Wildman–Crippen LogP) is 2.96. The van der Waals surface area contributed by atoms with Crippen LogP contribution in [0, 0.1) is 5.82 Å². The molecule has 0 unspecified atom stereocenters. The van der Waals surface area contributed by atoms with Crippen LogP contribution in [0.2, 0.25) is 5.02 Å². The molecule has 1 fully saturated rings. The van der Waals surface area contributed by atoms with Gasteiger partial charge in [0.05, 0.1) is 23.1 Å². The van der Waals surface area contributed by atoms with Gasteiger partial charge in [-0.25, -0.2) is 12.8 Å². The Balaban J connectivity index is 1.51. The minimum Gasteiger partial charge on any atom is -0.490 e. The van der Waals surface area contributed by atoms with Gasteiger partial charge in [-0.1, -0.05) is 11.6 Å². The van der Waals surface area contributed by atoms with Crippen LogP contribution in [0.4, 0.5) is 4.39 Å². The van der Waals surface area contributed by atoms with E-state index in [1.807, 2.05) is 0 Å². The summed E-state index contributed by atoms with van der Waals surface area (Å²) in [6.07, 6.45) is 0. The van der Waals surface area contributed by atoms with Gasteiger partial charge >= 0.3 is 0 Å². The third kappa shape index (κ3) is 5.10. The van der Waals surface area contributed by atoms with E-state index in [4.69, 9.17) is 25.8 Å². The molecule has 0 amide bonds. The highest BCUT2D eigenvalue weighted by Crippen LogP contribution is 2.25. The zero-order valence-electron chi connectivity index (χ0n) is 14.4. The fourth-order valence-electron chi connectivity index (χ4n) is 2.55. The second-order valence-corrected chi connectivity index (χ2v) is 8.10. The van der Waals surface area contributed by atoms with Crippen LogP contribution in [0.1, 0.15) is 0 Å². The molecule has 0 radical (unpaired) electrons. The fourth-order valence-corrected chi connectivity index (χ4v) is 4.18. The smallest absolute Gasteiger partial charge is 0.243 e. The normalized spacial score (nSPS) is 15.5. The second-order valence-electron chi connectivity index (χ2n) is 5.76. The highest BCUT2D eigenvalue weighted by Gasteiger charge is 2.26. The summed E-state index contributed by atoms with van der Waals surface area (Å²) < 4.78 is 55.6. The van der Waals surface area contributed by atoms with Crippen molar-refractivity contribution in [1.82, 2.24) is 4.31 Å². The molecule has 0 atom stereocenters. The number of halogens is 2. The quantitative estimate of drug-likeness (QED) is 0.650. The molecule has 1 aliphatic heterocycles. The summed E-state index contributed by atoms with van der Waals surface area (Å²) in [5.41, 5.74) is 0. The van der Waals surface area contributed by atoms with Crippen LogP contribution in [-0.2, 0) is 14.8 Å². The lowest BCUT2D eigenvalue weighted by molar-refractivity contribution is 0.0730. The van der Waals surface area contributed by atoms with Gasteiger partial charge in [0.2, 0.25) is 10.0 Å². The van der Waals surface area contributed by atoms with E-state index in [9.17, 15) is 12.8 Å². The molecule has 2 aromatic rings. The van der Waals surface area contributed by atoms with E-state index in [2.05, 4.69) is 0 Å². The van der Waals surface area contributed by atoms with E-state index >= 15 is 0 Å². The number of benzene rings is 2. The predicted molar refractivity (Wildman–Crippen MR) is 98.4 cm³/mol. The van der Waals surface area contributed by atoms with E-state index in [1.165, 1.54) is 34.6 Å². The number of ether oxygens (including phenoxy) is 3. The van der Waals surface area contributed by atoms with E-state index in [1.54, 1.807) is 12.1 Å². The van der Waals surface area contributed by atoms with E-state index < -0.39 is 15.8 Å². The number of morpholine rings is 1. The maximum atomic E-state index is 13.0. The van der Waals surface area contributed by atoms with Crippen LogP contribution >= 0.6 is 11.6 Å². The van der Waals surface area contributed by atoms with Crippen molar-refractivity contribution in [3.05, 3.63) is 53.3 Å². The lowest BCUT2D eigenvalue weighted by atomic mass is 10.3. The highest BCUT2D eigenvalue weighted by molar-refractivity contribution is 7.89. The molecule has 3 rings (SSSR count). The monoisotopic (exact) mass is 415 g/mol. The van der Waals surface area contributed by atoms with Crippen molar-refractivity contribution in [3.8, 4) is 11.5 Å². The Morgan fingerprint density at radius 2 is 1.70 bits per heavy atom. The molecule has 0 aromatic heterocycles. The number of rotatable bonds is 7. The Labute approximate surface area is 162 Å². The van der Waals surface area contributed by atoms with Gasteiger partial charge in [0.15, 0.2) is 0 Å². The number of sulfonamides is 1. The lowest BCUT2D eigenvalue weighted by Crippen LogP contribution is -2.40. The van der Waals surface area contributed by atoms with Crippen molar-refractivity contribution in [2.45, 2.75) is 4.90 Å². The fraction of sp³-hybridized carbons (Fsp3) is 0.333. The summed E-state index contributed by atoms with van der Waals surface area (Å²) in [6, 6.07) is 10.1. The van der Waals surface area contributed by atoms with Gasteiger partial charge in [-0.15, -0.1) is 0 Å². The maximum Gasteiger partial charge on any atom is 0.243 e. The van der Waals surface area contributed by atoms with E-state index in [-0.39, 0.29) is 23.1 Å². The van der Waals surface area contributed by atoms with Gasteiger partial charge in [-0.05, 0) is 42.5 Å². The zero-order valence-corrected chi connectivity index (χ0v) is 16.0. The van der Waals surface area contributed by atoms with Crippen molar-refractivity contribution < 1.29 is 27.0 Å². The SMILES string of the molecule is O=S(=O)(c1ccc(OCCOc2ccc(F)cc2Cl)cc1)N1CCOCC1. The van der Waals surface area contributed by atoms with Gasteiger partial charge in [-0.3, -0.25) is 0 Å². The van der Waals surface area contributed by atoms with Crippen LogP contribution < -0.4 is 9.47 Å². The Hall–Kier alpha value is -1.87. The molecule has 9 heteroatoms. The van der Waals surface area contributed by atoms with Crippen molar-refractivity contribution in [2.24, 2.45) is 0 Å². The molecule has 2 aromatic carbocycles. The summed E-state index contributed by atoms with van der Waals surface area (Å²) in [6.45, 7) is 1.94. The molecular formula is C18H19ClFNO5S. The number of hydrogen-bond donors (Lipinski definition) is 0. The lowest BCUT2D eigenvalue weighted by Gasteiger charge is -2.26. The molecule has 27 heavy (non-hydrogen) atoms. The van der Waals surface area contributed by atoms with Crippen LogP contribution in [0.3, 0.4) is 0 Å². The topological polar surface area (TPSA) is 65.1 Å². The van der Waals surface area contributed by atoms with Crippen LogP contribution in [0.5, 0.6) is 11.5 Å². The number of nitrogens with zero attached hydrogens (tertiary/aromatic N) is 1. The zero-order chi connectivity index (χ0) is 19.3. The summed E-state index contributed by atoms with van der Waals surface area (Å²) in [5, 5.41) is 0.188. The van der Waals surface area contributed by atoms with Crippen molar-refractivity contribution in [1.29, 1.82) is 0 Å². The first-order chi connectivity index (χ1) is 13.0. The molecule has 1 aliphatic rings. The Kier molecular flexibility index (Phi) is 6.54. The van der Waals surface area contributed by atoms with Gasteiger partial charge in [-0.2, -0.15) is 4.31 Å². The van der Waals surface area contributed by atoms with Crippen molar-refractivity contribution in [2.75, 3.05) is 39.5 Å². The van der Waals surface area contributed by atoms with Gasteiger partial charge in [0.1, 0.15) is 30.5 Å². The first-order valence-corrected chi connectivity index (χ1v) is 10.2. The van der Waals surface area contributed by atoms with Gasteiger partial charge in [0.25, 0.3) is 0 Å². The molecule has 146 valence electrons. The first kappa shape index (κ1) is 19.9. The molecule has 0 spiro atoms. The summed E-state index contributed by atoms with van der Waals surface area (Å²) in [5.74, 6) is 0.453. The minimum absolute atomic E-state index is 0.188. The van der Waals surface area contributed by atoms with Crippen LogP contribution in [0.15, 0.2) is 47.4 Å². The van der Waals surface area contributed by atoms with Crippen LogP contribution in [-0.4, -0.2) is 52.2 Å². The van der Waals surface area contributed by atoms with E-state index in [0.29, 0.717) is 37.8 Å². The molecule has 1 heterocycles. The van der Waals surface area contributed by atoms with Gasteiger partial charge in [0, 0.05) is 13.1 Å². The van der Waals surface area contributed by atoms with Crippen molar-refractivity contribution in [3.63, 3.8) is 0 Å². The molecule has 0 N–H and O–H groups in total. The molecule has 0 aliphatic carbocycles. The highest BCUT2D eigenvalue weighted by atomic mass is 35.5. The maximum absolute atomic E-state index is 13.0. The Morgan fingerprint density at radius 3 is 2.37 bits per heavy atom. The molecule has 1 saturated heterocycles. The largest absolute Gasteiger partial charge is 0.490 e. The third-order valence-electron chi connectivity index (χ3n) is 3.94. The minimum atomic E-state index is -3.52. The number of hydrogen-bond acceptors (Lipinski definition) is 5. The summed E-state index contributed by atoms with van der Waals surface area (Å²) in [7, 11) is -3.52. The average Bonchev–Trinajstić information content (AvgIpc) is 2.68. The summed E-state index contributed by atoms with van der Waals surface area (Å²) in [4.78, 5) is 0.214. The second kappa shape index (κ2) is 8.88. The van der Waals surface area contributed by atoms with Crippen molar-refractivity contribution >= 4 is 21.6 Å². The Bertz CT molecular complexity index is 870. The standard InChI is InChI=1S/C18H19ClFNO5S/c19-17-13-14(20)1-6-18(17)26-12-11-25-15-2-4-16(5-3-15)27(22,23)21-7-9-24-10-8-21/h1-6,13H,7-12H2. The van der Waals surface area contributed by atoms with Crippen LogP contribution in [0.25, 0.3) is 0 Å².